The van der Waals surface area contributed by atoms with Crippen LogP contribution in [0, 0.1) is 11.3 Å². The lowest BCUT2D eigenvalue weighted by Crippen LogP contribution is -2.50. The number of nitrogens with one attached hydrogen (secondary N) is 3. The summed E-state index contributed by atoms with van der Waals surface area (Å²) in [5.41, 5.74) is 7.63. The lowest BCUT2D eigenvalue weighted by Gasteiger charge is -2.35. The molecule has 1 aliphatic heterocycles. The third-order valence-electron chi connectivity index (χ3n) is 6.18. The highest BCUT2D eigenvalue weighted by Gasteiger charge is 2.28. The normalized spacial score (nSPS) is 23.1. The lowest BCUT2D eigenvalue weighted by molar-refractivity contribution is -0.117. The molecule has 3 aliphatic rings. The van der Waals surface area contributed by atoms with Gasteiger partial charge in [-0.05, 0) is 55.9 Å². The van der Waals surface area contributed by atoms with Crippen molar-refractivity contribution in [1.29, 1.82) is 5.41 Å². The number of hydrogen-bond acceptors (Lipinski definition) is 5. The van der Waals surface area contributed by atoms with E-state index in [4.69, 9.17) is 5.41 Å². The van der Waals surface area contributed by atoms with Gasteiger partial charge in [-0.15, -0.1) is 0 Å². The van der Waals surface area contributed by atoms with Gasteiger partial charge in [-0.1, -0.05) is 49.1 Å². The Kier molecular flexibility index (Phi) is 6.60. The van der Waals surface area contributed by atoms with Crippen LogP contribution in [0.2, 0.25) is 0 Å². The number of anilines is 1. The van der Waals surface area contributed by atoms with Gasteiger partial charge < -0.3 is 10.7 Å². The van der Waals surface area contributed by atoms with Gasteiger partial charge in [-0.3, -0.25) is 9.80 Å². The number of ketones is 1. The second-order valence-corrected chi connectivity index (χ2v) is 8.16. The van der Waals surface area contributed by atoms with Crippen molar-refractivity contribution in [2.45, 2.75) is 51.0 Å². The Hall–Kier alpha value is -2.92. The highest BCUT2D eigenvalue weighted by molar-refractivity contribution is 5.98. The first-order chi connectivity index (χ1) is 14.7. The van der Waals surface area contributed by atoms with E-state index >= 15 is 0 Å². The van der Waals surface area contributed by atoms with Crippen molar-refractivity contribution in [3.05, 3.63) is 77.8 Å². The van der Waals surface area contributed by atoms with Crippen molar-refractivity contribution in [2.75, 3.05) is 5.32 Å². The van der Waals surface area contributed by atoms with Gasteiger partial charge in [-0.25, -0.2) is 5.43 Å². The van der Waals surface area contributed by atoms with E-state index in [0.29, 0.717) is 5.70 Å². The van der Waals surface area contributed by atoms with Gasteiger partial charge in [0.05, 0.1) is 0 Å². The second kappa shape index (κ2) is 9.72. The summed E-state index contributed by atoms with van der Waals surface area (Å²) in [6.07, 6.45) is 19.6. The maximum atomic E-state index is 12.6. The quantitative estimate of drug-likeness (QED) is 0.580. The number of carbonyl (C=O) groups excluding carboxylic acids is 1. The molecule has 0 aromatic heterocycles. The fourth-order valence-corrected chi connectivity index (χ4v) is 4.54. The molecule has 0 saturated heterocycles. The number of hydrogen-bond donors (Lipinski definition) is 3. The number of rotatable bonds is 6. The molecule has 3 N–H and O–H groups in total. The molecule has 0 radical (unpaired) electrons. The molecule has 1 aromatic carbocycles. The summed E-state index contributed by atoms with van der Waals surface area (Å²) in [5, 5.41) is 12.8. The van der Waals surface area contributed by atoms with E-state index in [1.807, 2.05) is 41.5 Å². The fourth-order valence-electron chi connectivity index (χ4n) is 4.54. The SMILES string of the molecule is N=C/C=C(\Nc1ccccc1)C1NN(C2=CC=C(C3CCCCC3)CC2)C=CC1=O. The van der Waals surface area contributed by atoms with Crippen LogP contribution in [0.15, 0.2) is 77.8 Å². The molecule has 2 aliphatic carbocycles. The molecule has 1 heterocycles. The summed E-state index contributed by atoms with van der Waals surface area (Å²) in [7, 11) is 0. The third-order valence-corrected chi connectivity index (χ3v) is 6.18. The molecule has 1 saturated carbocycles. The average molecular weight is 403 g/mol. The molecule has 1 unspecified atom stereocenters. The number of nitrogens with zero attached hydrogens (tertiary/aromatic N) is 1. The molecular formula is C25H30N4O. The standard InChI is InChI=1S/C25H30N4O/c26-17-15-23(27-21-9-5-2-6-10-21)25-24(30)16-18-29(28-25)22-13-11-20(12-14-22)19-7-3-1-4-8-19/h2,5-6,9-11,13,15-19,25-28H,1,3-4,7-8,12,14H2/b23-15-,26-17?. The lowest BCUT2D eigenvalue weighted by atomic mass is 9.80. The molecule has 4 rings (SSSR count). The van der Waals surface area contributed by atoms with Crippen LogP contribution >= 0.6 is 0 Å². The zero-order chi connectivity index (χ0) is 20.8. The first kappa shape index (κ1) is 20.4. The second-order valence-electron chi connectivity index (χ2n) is 8.16. The minimum atomic E-state index is -0.554. The number of hydrazine groups is 1. The molecule has 156 valence electrons. The largest absolute Gasteiger partial charge is 0.357 e. The van der Waals surface area contributed by atoms with Crippen LogP contribution in [0.5, 0.6) is 0 Å². The van der Waals surface area contributed by atoms with Crippen LogP contribution in [0.25, 0.3) is 0 Å². The summed E-state index contributed by atoms with van der Waals surface area (Å²) in [4.78, 5) is 12.6. The van der Waals surface area contributed by atoms with Gasteiger partial charge in [0, 0.05) is 35.6 Å². The number of para-hydroxylation sites is 1. The van der Waals surface area contributed by atoms with E-state index in [9.17, 15) is 4.79 Å². The Bertz CT molecular complexity index is 891. The third kappa shape index (κ3) is 4.79. The molecular weight excluding hydrogens is 372 g/mol. The molecule has 5 heteroatoms. The highest BCUT2D eigenvalue weighted by atomic mass is 16.1. The molecule has 5 nitrogen and oxygen atoms in total. The van der Waals surface area contributed by atoms with Crippen molar-refractivity contribution in [1.82, 2.24) is 10.4 Å². The van der Waals surface area contributed by atoms with Crippen LogP contribution in [-0.2, 0) is 4.79 Å². The topological polar surface area (TPSA) is 68.2 Å². The fraction of sp³-hybridized carbons (Fsp3) is 0.360. The smallest absolute Gasteiger partial charge is 0.181 e. The van der Waals surface area contributed by atoms with Crippen LogP contribution in [-0.4, -0.2) is 23.0 Å². The molecule has 0 amide bonds. The van der Waals surface area contributed by atoms with E-state index in [-0.39, 0.29) is 5.78 Å². The molecule has 0 spiro atoms. The van der Waals surface area contributed by atoms with Gasteiger partial charge in [0.15, 0.2) is 5.78 Å². The van der Waals surface area contributed by atoms with Crippen LogP contribution < -0.4 is 10.7 Å². The molecule has 1 aromatic rings. The number of carbonyl (C=O) groups is 1. The van der Waals surface area contributed by atoms with E-state index in [1.54, 1.807) is 17.7 Å². The van der Waals surface area contributed by atoms with Gasteiger partial charge in [0.1, 0.15) is 6.04 Å². The number of benzene rings is 1. The van der Waals surface area contributed by atoms with E-state index < -0.39 is 6.04 Å². The molecule has 0 bridgehead atoms. The zero-order valence-electron chi connectivity index (χ0n) is 17.3. The van der Waals surface area contributed by atoms with Crippen molar-refractivity contribution >= 4 is 17.7 Å². The average Bonchev–Trinajstić information content (AvgIpc) is 2.81. The van der Waals surface area contributed by atoms with E-state index in [1.165, 1.54) is 38.3 Å². The van der Waals surface area contributed by atoms with Crippen LogP contribution in [0.3, 0.4) is 0 Å². The Morgan fingerprint density at radius 2 is 1.90 bits per heavy atom. The predicted octanol–water partition coefficient (Wildman–Crippen LogP) is 5.09. The summed E-state index contributed by atoms with van der Waals surface area (Å²) in [6.45, 7) is 0. The summed E-state index contributed by atoms with van der Waals surface area (Å²) in [5.74, 6) is 0.727. The van der Waals surface area contributed by atoms with Crippen LogP contribution in [0.4, 0.5) is 5.69 Å². The maximum Gasteiger partial charge on any atom is 0.181 e. The van der Waals surface area contributed by atoms with Gasteiger partial charge >= 0.3 is 0 Å². The predicted molar refractivity (Wildman–Crippen MR) is 122 cm³/mol. The van der Waals surface area contributed by atoms with E-state index in [2.05, 4.69) is 22.9 Å². The first-order valence-corrected chi connectivity index (χ1v) is 10.9. The van der Waals surface area contributed by atoms with Crippen molar-refractivity contribution < 1.29 is 4.79 Å². The van der Waals surface area contributed by atoms with Gasteiger partial charge in [0.2, 0.25) is 0 Å². The Balaban J connectivity index is 1.48. The van der Waals surface area contributed by atoms with E-state index in [0.717, 1.165) is 30.1 Å². The monoisotopic (exact) mass is 402 g/mol. The molecule has 1 atom stereocenters. The Morgan fingerprint density at radius 1 is 1.10 bits per heavy atom. The molecule has 1 fully saturated rings. The summed E-state index contributed by atoms with van der Waals surface area (Å²) < 4.78 is 0. The maximum absolute atomic E-state index is 12.6. The summed E-state index contributed by atoms with van der Waals surface area (Å²) >= 11 is 0. The van der Waals surface area contributed by atoms with Crippen molar-refractivity contribution in [3.8, 4) is 0 Å². The highest BCUT2D eigenvalue weighted by Crippen LogP contribution is 2.35. The Labute approximate surface area is 178 Å². The van der Waals surface area contributed by atoms with Crippen molar-refractivity contribution in [2.24, 2.45) is 5.92 Å². The zero-order valence-corrected chi connectivity index (χ0v) is 17.3. The number of allylic oxidation sites excluding steroid dienone is 5. The molecule has 30 heavy (non-hydrogen) atoms. The summed E-state index contributed by atoms with van der Waals surface area (Å²) in [6, 6.07) is 9.16. The minimum Gasteiger partial charge on any atom is -0.357 e. The van der Waals surface area contributed by atoms with Crippen molar-refractivity contribution in [3.63, 3.8) is 0 Å². The Morgan fingerprint density at radius 3 is 2.60 bits per heavy atom. The van der Waals surface area contributed by atoms with Gasteiger partial charge in [0.25, 0.3) is 0 Å². The first-order valence-electron chi connectivity index (χ1n) is 10.9. The van der Waals surface area contributed by atoms with Gasteiger partial charge in [-0.2, -0.15) is 0 Å². The minimum absolute atomic E-state index is 0.0300. The van der Waals surface area contributed by atoms with Crippen LogP contribution in [0.1, 0.15) is 44.9 Å².